The van der Waals surface area contributed by atoms with Crippen molar-refractivity contribution in [1.29, 1.82) is 0 Å². The van der Waals surface area contributed by atoms with Gasteiger partial charge in [-0.1, -0.05) is 48.9 Å². The topological polar surface area (TPSA) is 36.6 Å². The van der Waals surface area contributed by atoms with Crippen molar-refractivity contribution < 1.29 is 9.52 Å². The fraction of sp³-hybridized carbons (Fsp3) is 0.440. The second-order valence-corrected chi connectivity index (χ2v) is 7.65. The molecule has 0 spiro atoms. The first-order valence-corrected chi connectivity index (χ1v) is 10.3. The summed E-state index contributed by atoms with van der Waals surface area (Å²) in [6.45, 7) is 14.5. The Morgan fingerprint density at radius 1 is 1.07 bits per heavy atom. The molecular weight excluding hydrogens is 346 g/mol. The van der Waals surface area contributed by atoms with Crippen LogP contribution in [0.1, 0.15) is 61.7 Å². The molecule has 0 aliphatic rings. The Bertz CT molecular complexity index is 735. The lowest BCUT2D eigenvalue weighted by Gasteiger charge is -2.25. The molecule has 0 atom stereocenters. The van der Waals surface area contributed by atoms with Crippen LogP contribution >= 0.6 is 0 Å². The highest BCUT2D eigenvalue weighted by atomic mass is 16.4. The van der Waals surface area contributed by atoms with Gasteiger partial charge in [-0.05, 0) is 63.3 Å². The molecule has 2 rings (SSSR count). The van der Waals surface area contributed by atoms with E-state index in [0.717, 1.165) is 44.7 Å². The second-order valence-electron chi connectivity index (χ2n) is 7.65. The van der Waals surface area contributed by atoms with Crippen LogP contribution in [-0.2, 0) is 18.7 Å². The van der Waals surface area contributed by atoms with Crippen LogP contribution in [0, 0.1) is 6.92 Å². The highest BCUT2D eigenvalue weighted by molar-refractivity contribution is 5.22. The fourth-order valence-corrected chi connectivity index (χ4v) is 3.59. The van der Waals surface area contributed by atoms with Crippen molar-refractivity contribution in [3.8, 4) is 0 Å². The zero-order chi connectivity index (χ0) is 20.4. The summed E-state index contributed by atoms with van der Waals surface area (Å²) in [5.41, 5.74) is 1.63. The van der Waals surface area contributed by atoms with E-state index in [1.165, 1.54) is 11.1 Å². The lowest BCUT2D eigenvalue weighted by Crippen LogP contribution is -2.25. The summed E-state index contributed by atoms with van der Waals surface area (Å²) in [5.74, 6) is 1.55. The number of hydrogen-bond donors (Lipinski definition) is 1. The van der Waals surface area contributed by atoms with Crippen molar-refractivity contribution in [3.05, 3.63) is 84.4 Å². The quantitative estimate of drug-likeness (QED) is 0.425. The number of hydrogen-bond acceptors (Lipinski definition) is 3. The van der Waals surface area contributed by atoms with Gasteiger partial charge in [-0.15, -0.1) is 13.2 Å². The van der Waals surface area contributed by atoms with E-state index in [9.17, 15) is 5.11 Å². The molecule has 0 aliphatic carbocycles. The summed E-state index contributed by atoms with van der Waals surface area (Å²) < 4.78 is 6.12. The third kappa shape index (κ3) is 6.50. The summed E-state index contributed by atoms with van der Waals surface area (Å²) >= 11 is 0. The van der Waals surface area contributed by atoms with Gasteiger partial charge in [-0.2, -0.15) is 0 Å². The van der Waals surface area contributed by atoms with Crippen LogP contribution < -0.4 is 0 Å². The first-order chi connectivity index (χ1) is 13.5. The molecule has 0 saturated carbocycles. The van der Waals surface area contributed by atoms with Gasteiger partial charge in [0.1, 0.15) is 17.1 Å². The number of furan rings is 1. The van der Waals surface area contributed by atoms with Crippen LogP contribution in [0.3, 0.4) is 0 Å². The first-order valence-electron chi connectivity index (χ1n) is 10.3. The molecule has 0 saturated heterocycles. The van der Waals surface area contributed by atoms with E-state index in [1.54, 1.807) is 0 Å². The molecule has 152 valence electrons. The fourth-order valence-electron chi connectivity index (χ4n) is 3.59. The normalized spacial score (nSPS) is 11.7. The molecule has 28 heavy (non-hydrogen) atoms. The van der Waals surface area contributed by atoms with Gasteiger partial charge in [-0.25, -0.2) is 0 Å². The van der Waals surface area contributed by atoms with Crippen molar-refractivity contribution in [1.82, 2.24) is 4.90 Å². The smallest absolute Gasteiger partial charge is 0.135 e. The van der Waals surface area contributed by atoms with Gasteiger partial charge in [-0.3, -0.25) is 4.90 Å². The second kappa shape index (κ2) is 11.0. The van der Waals surface area contributed by atoms with Crippen LogP contribution in [0.25, 0.3) is 0 Å². The van der Waals surface area contributed by atoms with E-state index in [0.29, 0.717) is 18.6 Å². The number of aliphatic hydroxyl groups is 1. The molecule has 1 aromatic heterocycles. The zero-order valence-corrected chi connectivity index (χ0v) is 17.5. The molecular formula is C25H35NO2. The van der Waals surface area contributed by atoms with E-state index in [2.05, 4.69) is 56.2 Å². The first kappa shape index (κ1) is 22.2. The number of aryl methyl sites for hydroxylation is 1. The zero-order valence-electron chi connectivity index (χ0n) is 17.5. The van der Waals surface area contributed by atoms with Crippen LogP contribution in [-0.4, -0.2) is 16.6 Å². The third-order valence-corrected chi connectivity index (χ3v) is 5.05. The molecule has 1 aromatic carbocycles. The highest BCUT2D eigenvalue weighted by Gasteiger charge is 2.31. The van der Waals surface area contributed by atoms with Gasteiger partial charge >= 0.3 is 0 Å². The summed E-state index contributed by atoms with van der Waals surface area (Å²) in [7, 11) is 0. The Kier molecular flexibility index (Phi) is 8.75. The van der Waals surface area contributed by atoms with Crippen molar-refractivity contribution in [2.75, 3.05) is 6.54 Å². The van der Waals surface area contributed by atoms with Crippen molar-refractivity contribution in [2.45, 2.75) is 64.6 Å². The molecule has 0 bridgehead atoms. The molecule has 1 heterocycles. The molecule has 0 aliphatic heterocycles. The Morgan fingerprint density at radius 2 is 1.79 bits per heavy atom. The molecule has 2 aromatic rings. The molecule has 0 unspecified atom stereocenters. The van der Waals surface area contributed by atoms with Crippen molar-refractivity contribution in [3.63, 3.8) is 0 Å². The predicted octanol–water partition coefficient (Wildman–Crippen LogP) is 6.12. The monoisotopic (exact) mass is 381 g/mol. The summed E-state index contributed by atoms with van der Waals surface area (Å²) in [6, 6.07) is 12.6. The summed E-state index contributed by atoms with van der Waals surface area (Å²) in [6.07, 6.45) is 7.49. The van der Waals surface area contributed by atoms with Crippen LogP contribution in [0.5, 0.6) is 0 Å². The number of rotatable bonds is 13. The number of nitrogens with zero attached hydrogens (tertiary/aromatic N) is 1. The van der Waals surface area contributed by atoms with Crippen molar-refractivity contribution >= 4 is 0 Å². The minimum Gasteiger partial charge on any atom is -0.462 e. The average Bonchev–Trinajstić information content (AvgIpc) is 3.14. The van der Waals surface area contributed by atoms with Crippen LogP contribution in [0.15, 0.2) is 66.1 Å². The maximum absolute atomic E-state index is 11.2. The number of benzene rings is 1. The lowest BCUT2D eigenvalue weighted by atomic mass is 9.89. The van der Waals surface area contributed by atoms with Gasteiger partial charge in [0.15, 0.2) is 0 Å². The average molecular weight is 382 g/mol. The van der Waals surface area contributed by atoms with Gasteiger partial charge in [0.05, 0.1) is 6.54 Å². The van der Waals surface area contributed by atoms with E-state index in [1.807, 2.05) is 24.3 Å². The maximum atomic E-state index is 11.2. The highest BCUT2D eigenvalue weighted by Crippen LogP contribution is 2.33. The van der Waals surface area contributed by atoms with E-state index < -0.39 is 5.60 Å². The Labute approximate surface area is 170 Å². The van der Waals surface area contributed by atoms with Gasteiger partial charge in [0, 0.05) is 6.54 Å². The van der Waals surface area contributed by atoms with Crippen LogP contribution in [0.4, 0.5) is 0 Å². The SMILES string of the molecule is C=CCCC(O)(CCC=C)c1ccc(CN(CCC)Cc2cccc(C)c2)o1. The summed E-state index contributed by atoms with van der Waals surface area (Å²) in [4.78, 5) is 2.39. The third-order valence-electron chi connectivity index (χ3n) is 5.05. The van der Waals surface area contributed by atoms with E-state index >= 15 is 0 Å². The number of allylic oxidation sites excluding steroid dienone is 2. The van der Waals surface area contributed by atoms with Gasteiger partial charge < -0.3 is 9.52 Å². The minimum absolute atomic E-state index is 0.610. The summed E-state index contributed by atoms with van der Waals surface area (Å²) in [5, 5.41) is 11.2. The van der Waals surface area contributed by atoms with E-state index in [4.69, 9.17) is 4.42 Å². The minimum atomic E-state index is -0.966. The van der Waals surface area contributed by atoms with Gasteiger partial charge in [0.2, 0.25) is 0 Å². The standard InChI is InChI=1S/C25H35NO2/c1-5-8-15-25(27,16-9-6-2)24-14-13-23(28-24)20-26(17-7-3)19-22-12-10-11-21(4)18-22/h5-6,10-14,18,27H,1-2,7-9,15-17,19-20H2,3-4H3. The molecule has 3 heteroatoms. The Balaban J connectivity index is 2.12. The van der Waals surface area contributed by atoms with Crippen molar-refractivity contribution in [2.24, 2.45) is 0 Å². The predicted molar refractivity (Wildman–Crippen MR) is 117 cm³/mol. The molecule has 1 N–H and O–H groups in total. The molecule has 0 amide bonds. The molecule has 0 radical (unpaired) electrons. The van der Waals surface area contributed by atoms with Gasteiger partial charge in [0.25, 0.3) is 0 Å². The maximum Gasteiger partial charge on any atom is 0.135 e. The Hall–Kier alpha value is -2.10. The molecule has 3 nitrogen and oxygen atoms in total. The van der Waals surface area contributed by atoms with E-state index in [-0.39, 0.29) is 0 Å². The van der Waals surface area contributed by atoms with Crippen LogP contribution in [0.2, 0.25) is 0 Å². The molecule has 0 fully saturated rings. The Morgan fingerprint density at radius 3 is 2.39 bits per heavy atom. The largest absolute Gasteiger partial charge is 0.462 e. The lowest BCUT2D eigenvalue weighted by molar-refractivity contribution is -0.00214.